The normalized spacial score (nSPS) is 20.5. The van der Waals surface area contributed by atoms with Crippen LogP contribution in [0.15, 0.2) is 35.4 Å². The standard InChI is InChI=1S/C17H18O7/c1-17(16(22)23)7-10(15(20)21)5-11(12(17)8-18)9-3-4-14(24-2)13(19)6-9/h3-6,18-19H,7-8H2,1-2H3,(H,20,21)(H,22,23). The largest absolute Gasteiger partial charge is 0.504 e. The highest BCUT2D eigenvalue weighted by atomic mass is 16.5. The highest BCUT2D eigenvalue weighted by Crippen LogP contribution is 2.44. The smallest absolute Gasteiger partial charge is 0.331 e. The monoisotopic (exact) mass is 334 g/mol. The van der Waals surface area contributed by atoms with Crippen LogP contribution in [-0.2, 0) is 9.59 Å². The number of carboxylic acid groups (broad SMARTS) is 2. The summed E-state index contributed by atoms with van der Waals surface area (Å²) < 4.78 is 4.96. The highest BCUT2D eigenvalue weighted by Gasteiger charge is 2.43. The van der Waals surface area contributed by atoms with Gasteiger partial charge < -0.3 is 25.2 Å². The van der Waals surface area contributed by atoms with Crippen LogP contribution in [0.1, 0.15) is 18.9 Å². The molecule has 0 aliphatic heterocycles. The molecule has 0 aromatic heterocycles. The second-order valence-corrected chi connectivity index (χ2v) is 5.73. The number of benzene rings is 1. The summed E-state index contributed by atoms with van der Waals surface area (Å²) in [6.45, 7) is 0.828. The Labute approximate surface area is 138 Å². The Morgan fingerprint density at radius 3 is 2.42 bits per heavy atom. The summed E-state index contributed by atoms with van der Waals surface area (Å²) in [7, 11) is 1.39. The molecule has 1 unspecified atom stereocenters. The lowest BCUT2D eigenvalue weighted by Crippen LogP contribution is -2.35. The molecule has 7 heteroatoms. The fourth-order valence-electron chi connectivity index (χ4n) is 2.81. The van der Waals surface area contributed by atoms with Gasteiger partial charge in [0.05, 0.1) is 19.1 Å². The molecule has 1 aromatic carbocycles. The molecule has 0 saturated heterocycles. The Morgan fingerprint density at radius 1 is 1.29 bits per heavy atom. The number of allylic oxidation sites excluding steroid dienone is 2. The third-order valence-electron chi connectivity index (χ3n) is 4.25. The van der Waals surface area contributed by atoms with Crippen molar-refractivity contribution in [1.29, 1.82) is 0 Å². The minimum Gasteiger partial charge on any atom is -0.504 e. The van der Waals surface area contributed by atoms with Crippen LogP contribution >= 0.6 is 0 Å². The summed E-state index contributed by atoms with van der Waals surface area (Å²) in [5.41, 5.74) is -0.790. The summed E-state index contributed by atoms with van der Waals surface area (Å²) in [6, 6.07) is 4.38. The summed E-state index contributed by atoms with van der Waals surface area (Å²) in [5, 5.41) is 38.5. The summed E-state index contributed by atoms with van der Waals surface area (Å²) in [4.78, 5) is 23.1. The summed E-state index contributed by atoms with van der Waals surface area (Å²) >= 11 is 0. The van der Waals surface area contributed by atoms with Crippen LogP contribution in [0.4, 0.5) is 0 Å². The molecule has 2 rings (SSSR count). The van der Waals surface area contributed by atoms with Crippen molar-refractivity contribution in [2.75, 3.05) is 13.7 Å². The van der Waals surface area contributed by atoms with Gasteiger partial charge in [-0.2, -0.15) is 0 Å². The number of phenolic OH excluding ortho intramolecular Hbond substituents is 1. The van der Waals surface area contributed by atoms with Crippen LogP contribution in [-0.4, -0.2) is 46.1 Å². The molecule has 0 spiro atoms. The van der Waals surface area contributed by atoms with Gasteiger partial charge in [0, 0.05) is 5.57 Å². The molecule has 1 atom stereocenters. The molecule has 0 fully saturated rings. The van der Waals surface area contributed by atoms with E-state index >= 15 is 0 Å². The van der Waals surface area contributed by atoms with E-state index in [0.29, 0.717) is 5.56 Å². The van der Waals surface area contributed by atoms with E-state index in [2.05, 4.69) is 0 Å². The average molecular weight is 334 g/mol. The van der Waals surface area contributed by atoms with Gasteiger partial charge in [-0.15, -0.1) is 0 Å². The fourth-order valence-corrected chi connectivity index (χ4v) is 2.81. The van der Waals surface area contributed by atoms with E-state index in [9.17, 15) is 30.0 Å². The van der Waals surface area contributed by atoms with E-state index in [4.69, 9.17) is 4.74 Å². The van der Waals surface area contributed by atoms with E-state index in [1.165, 1.54) is 32.2 Å². The van der Waals surface area contributed by atoms with Crippen molar-refractivity contribution in [3.63, 3.8) is 0 Å². The first-order valence-electron chi connectivity index (χ1n) is 7.13. The number of phenols is 1. The second kappa shape index (κ2) is 6.37. The number of hydrogen-bond donors (Lipinski definition) is 4. The first kappa shape index (κ1) is 17.6. The number of aliphatic hydroxyl groups excluding tert-OH is 1. The van der Waals surface area contributed by atoms with Gasteiger partial charge in [-0.3, -0.25) is 4.79 Å². The van der Waals surface area contributed by atoms with Crippen LogP contribution in [0, 0.1) is 5.41 Å². The predicted octanol–water partition coefficient (Wildman–Crippen LogP) is 1.65. The molecule has 0 saturated carbocycles. The maximum Gasteiger partial charge on any atom is 0.331 e. The van der Waals surface area contributed by atoms with Crippen molar-refractivity contribution in [3.05, 3.63) is 41.0 Å². The number of methoxy groups -OCH3 is 1. The van der Waals surface area contributed by atoms with Gasteiger partial charge in [0.15, 0.2) is 11.5 Å². The van der Waals surface area contributed by atoms with E-state index in [0.717, 1.165) is 0 Å². The number of aromatic hydroxyl groups is 1. The quantitative estimate of drug-likeness (QED) is 0.645. The Kier molecular flexibility index (Phi) is 4.66. The van der Waals surface area contributed by atoms with Crippen LogP contribution < -0.4 is 4.74 Å². The molecule has 24 heavy (non-hydrogen) atoms. The van der Waals surface area contributed by atoms with Crippen molar-refractivity contribution >= 4 is 17.5 Å². The fraction of sp³-hybridized carbons (Fsp3) is 0.294. The van der Waals surface area contributed by atoms with Gasteiger partial charge >= 0.3 is 11.9 Å². The summed E-state index contributed by atoms with van der Waals surface area (Å²) in [5.74, 6) is -2.40. The van der Waals surface area contributed by atoms with Crippen LogP contribution in [0.2, 0.25) is 0 Å². The molecule has 1 aromatic rings. The Morgan fingerprint density at radius 2 is 1.96 bits per heavy atom. The van der Waals surface area contributed by atoms with Crippen molar-refractivity contribution in [2.45, 2.75) is 13.3 Å². The number of aliphatic carboxylic acids is 2. The van der Waals surface area contributed by atoms with Crippen LogP contribution in [0.25, 0.3) is 5.57 Å². The molecule has 0 radical (unpaired) electrons. The molecule has 1 aliphatic carbocycles. The van der Waals surface area contributed by atoms with Crippen molar-refractivity contribution < 1.29 is 34.8 Å². The van der Waals surface area contributed by atoms with Gasteiger partial charge in [0.25, 0.3) is 0 Å². The van der Waals surface area contributed by atoms with Crippen molar-refractivity contribution in [3.8, 4) is 11.5 Å². The first-order chi connectivity index (χ1) is 11.2. The topological polar surface area (TPSA) is 124 Å². The third kappa shape index (κ3) is 2.85. The minimum absolute atomic E-state index is 0.0811. The van der Waals surface area contributed by atoms with Gasteiger partial charge in [-0.25, -0.2) is 4.79 Å². The number of rotatable bonds is 5. The van der Waals surface area contributed by atoms with Crippen LogP contribution in [0.5, 0.6) is 11.5 Å². The molecule has 128 valence electrons. The number of hydrogen-bond acceptors (Lipinski definition) is 5. The SMILES string of the molecule is COc1ccc(C2=C(CO)C(C)(C(=O)O)CC(C(=O)O)=C2)cc1O. The van der Waals surface area contributed by atoms with Gasteiger partial charge in [-0.1, -0.05) is 6.07 Å². The molecule has 0 heterocycles. The lowest BCUT2D eigenvalue weighted by Gasteiger charge is -2.33. The second-order valence-electron chi connectivity index (χ2n) is 5.73. The predicted molar refractivity (Wildman–Crippen MR) is 84.7 cm³/mol. The number of aliphatic hydroxyl groups is 1. The zero-order valence-corrected chi connectivity index (χ0v) is 13.2. The zero-order valence-electron chi connectivity index (χ0n) is 13.2. The van der Waals surface area contributed by atoms with Gasteiger partial charge in [0.1, 0.15) is 0 Å². The van der Waals surface area contributed by atoms with E-state index in [-0.39, 0.29) is 34.6 Å². The Hall–Kier alpha value is -2.80. The lowest BCUT2D eigenvalue weighted by atomic mass is 9.70. The third-order valence-corrected chi connectivity index (χ3v) is 4.25. The van der Waals surface area contributed by atoms with E-state index in [1.807, 2.05) is 0 Å². The maximum absolute atomic E-state index is 11.7. The Bertz CT molecular complexity index is 760. The van der Waals surface area contributed by atoms with Gasteiger partial charge in [-0.05, 0) is 48.3 Å². The maximum atomic E-state index is 11.7. The first-order valence-corrected chi connectivity index (χ1v) is 7.13. The molecular weight excluding hydrogens is 316 g/mol. The number of carboxylic acids is 2. The zero-order chi connectivity index (χ0) is 18.1. The minimum atomic E-state index is -1.55. The lowest BCUT2D eigenvalue weighted by molar-refractivity contribution is -0.146. The van der Waals surface area contributed by atoms with E-state index in [1.54, 1.807) is 6.07 Å². The molecule has 1 aliphatic rings. The van der Waals surface area contributed by atoms with Crippen molar-refractivity contribution in [2.24, 2.45) is 5.41 Å². The highest BCUT2D eigenvalue weighted by molar-refractivity contribution is 5.97. The summed E-state index contributed by atoms with van der Waals surface area (Å²) in [6.07, 6.45) is 1.10. The van der Waals surface area contributed by atoms with Gasteiger partial charge in [0.2, 0.25) is 0 Å². The number of ether oxygens (including phenoxy) is 1. The molecular formula is C17H18O7. The molecule has 0 bridgehead atoms. The average Bonchev–Trinajstić information content (AvgIpc) is 2.53. The number of carbonyl (C=O) groups is 2. The van der Waals surface area contributed by atoms with E-state index < -0.39 is 24.0 Å². The Balaban J connectivity index is 2.73. The molecule has 0 amide bonds. The molecule has 7 nitrogen and oxygen atoms in total. The molecule has 4 N–H and O–H groups in total. The van der Waals surface area contributed by atoms with Crippen LogP contribution in [0.3, 0.4) is 0 Å². The van der Waals surface area contributed by atoms with Crippen molar-refractivity contribution in [1.82, 2.24) is 0 Å².